The van der Waals surface area contributed by atoms with Crippen molar-refractivity contribution in [2.45, 2.75) is 0 Å². The number of nitrogens with zero attached hydrogens (tertiary/aromatic N) is 1. The summed E-state index contributed by atoms with van der Waals surface area (Å²) in [5.74, 6) is 0. The molecule has 3 N–H and O–H groups in total. The van der Waals surface area contributed by atoms with Crippen molar-refractivity contribution in [3.63, 3.8) is 0 Å². The summed E-state index contributed by atoms with van der Waals surface area (Å²) in [6, 6.07) is 0. The van der Waals surface area contributed by atoms with Crippen LogP contribution in [0.2, 0.25) is 0 Å². The van der Waals surface area contributed by atoms with Crippen LogP contribution in [0.25, 0.3) is 0 Å². The van der Waals surface area contributed by atoms with Crippen LogP contribution in [0.3, 0.4) is 0 Å². The van der Waals surface area contributed by atoms with Crippen molar-refractivity contribution in [2.75, 3.05) is 0 Å². The summed E-state index contributed by atoms with van der Waals surface area (Å²) >= 11 is 10.6. The van der Waals surface area contributed by atoms with E-state index in [1.54, 1.807) is 0 Å². The summed E-state index contributed by atoms with van der Waals surface area (Å²) in [7, 11) is 0. The smallest absolute Gasteiger partial charge is 0.176 e. The number of hydrogen-bond donors (Lipinski definition) is 2. The standard InChI is InChI=1S/C3H3N3S3/c4-1(7)2-5-6-3(8)9-2/h(H2,4,7)(H,6,8). The molecule has 0 radical (unpaired) electrons. The number of aromatic amines is 1. The molecule has 1 aromatic rings. The maximum absolute atomic E-state index is 5.24. The topological polar surface area (TPSA) is 54.7 Å². The second-order valence-electron chi connectivity index (χ2n) is 1.28. The fraction of sp³-hybridized carbons (Fsp3) is 0. The van der Waals surface area contributed by atoms with Gasteiger partial charge in [0, 0.05) is 0 Å². The second-order valence-corrected chi connectivity index (χ2v) is 3.39. The van der Waals surface area contributed by atoms with Crippen LogP contribution in [0.5, 0.6) is 0 Å². The molecule has 1 heterocycles. The fourth-order valence-electron chi connectivity index (χ4n) is 0.335. The molecule has 0 atom stereocenters. The lowest BCUT2D eigenvalue weighted by molar-refractivity contribution is 1.07. The Hall–Kier alpha value is -0.330. The van der Waals surface area contributed by atoms with E-state index in [0.717, 1.165) is 0 Å². The zero-order chi connectivity index (χ0) is 6.85. The Kier molecular flexibility index (Phi) is 1.89. The molecule has 0 aromatic carbocycles. The van der Waals surface area contributed by atoms with E-state index >= 15 is 0 Å². The molecule has 0 saturated carbocycles. The quantitative estimate of drug-likeness (QED) is 0.624. The van der Waals surface area contributed by atoms with Gasteiger partial charge in [-0.2, -0.15) is 5.10 Å². The minimum Gasteiger partial charge on any atom is -0.387 e. The van der Waals surface area contributed by atoms with Crippen LogP contribution in [0.1, 0.15) is 5.01 Å². The third kappa shape index (κ3) is 1.54. The van der Waals surface area contributed by atoms with Gasteiger partial charge >= 0.3 is 0 Å². The molecule has 48 valence electrons. The Morgan fingerprint density at radius 2 is 2.44 bits per heavy atom. The second kappa shape index (κ2) is 2.51. The van der Waals surface area contributed by atoms with Crippen LogP contribution in [-0.2, 0) is 0 Å². The third-order valence-electron chi connectivity index (χ3n) is 0.649. The lowest BCUT2D eigenvalue weighted by Gasteiger charge is -1.81. The van der Waals surface area contributed by atoms with Gasteiger partial charge in [-0.1, -0.05) is 23.6 Å². The first-order valence-corrected chi connectivity index (χ1v) is 3.69. The molecule has 0 unspecified atom stereocenters. The molecule has 0 bridgehead atoms. The number of hydrogen-bond acceptors (Lipinski definition) is 4. The van der Waals surface area contributed by atoms with Crippen molar-refractivity contribution in [2.24, 2.45) is 5.73 Å². The van der Waals surface area contributed by atoms with Crippen molar-refractivity contribution < 1.29 is 0 Å². The zero-order valence-corrected chi connectivity index (χ0v) is 6.70. The summed E-state index contributed by atoms with van der Waals surface area (Å²) in [4.78, 5) is 0.285. The molecule has 0 spiro atoms. The van der Waals surface area contributed by atoms with Crippen molar-refractivity contribution in [1.82, 2.24) is 10.2 Å². The summed E-state index contributed by atoms with van der Waals surface area (Å²) in [6.45, 7) is 0. The summed E-state index contributed by atoms with van der Waals surface area (Å²) in [5, 5.41) is 6.90. The highest BCUT2D eigenvalue weighted by Gasteiger charge is 1.97. The maximum atomic E-state index is 5.24. The fourth-order valence-corrected chi connectivity index (χ4v) is 1.25. The van der Waals surface area contributed by atoms with Crippen molar-refractivity contribution in [3.05, 3.63) is 8.96 Å². The predicted molar refractivity (Wildman–Crippen MR) is 43.2 cm³/mol. The van der Waals surface area contributed by atoms with E-state index in [1.807, 2.05) is 0 Å². The minimum atomic E-state index is 0.285. The van der Waals surface area contributed by atoms with Crippen LogP contribution in [0.15, 0.2) is 0 Å². The van der Waals surface area contributed by atoms with Gasteiger partial charge in [0.2, 0.25) is 0 Å². The van der Waals surface area contributed by atoms with Crippen molar-refractivity contribution in [1.29, 1.82) is 0 Å². The van der Waals surface area contributed by atoms with Gasteiger partial charge in [0.05, 0.1) is 0 Å². The van der Waals surface area contributed by atoms with Gasteiger partial charge in [-0.25, -0.2) is 0 Å². The number of nitrogens with one attached hydrogen (secondary N) is 1. The number of thiocarbonyl (C=S) groups is 1. The van der Waals surface area contributed by atoms with Crippen LogP contribution >= 0.6 is 35.8 Å². The molecular weight excluding hydrogens is 174 g/mol. The van der Waals surface area contributed by atoms with E-state index in [2.05, 4.69) is 22.4 Å². The van der Waals surface area contributed by atoms with Crippen LogP contribution in [0.4, 0.5) is 0 Å². The van der Waals surface area contributed by atoms with Gasteiger partial charge < -0.3 is 5.73 Å². The van der Waals surface area contributed by atoms with E-state index in [1.165, 1.54) is 11.3 Å². The van der Waals surface area contributed by atoms with Gasteiger partial charge in [-0.3, -0.25) is 5.10 Å². The average molecular weight is 177 g/mol. The van der Waals surface area contributed by atoms with Gasteiger partial charge in [-0.05, 0) is 12.2 Å². The normalized spacial score (nSPS) is 9.33. The molecule has 6 heteroatoms. The Balaban J connectivity index is 3.12. The Labute approximate surface area is 65.9 Å². The predicted octanol–water partition coefficient (Wildman–Crippen LogP) is 0.835. The number of aromatic nitrogens is 2. The zero-order valence-electron chi connectivity index (χ0n) is 4.25. The molecule has 1 rings (SSSR count). The van der Waals surface area contributed by atoms with Crippen molar-refractivity contribution >= 4 is 40.8 Å². The summed E-state index contributed by atoms with van der Waals surface area (Å²) in [5.41, 5.74) is 5.24. The Bertz CT molecular complexity index is 272. The molecule has 3 nitrogen and oxygen atoms in total. The van der Waals surface area contributed by atoms with E-state index in [0.29, 0.717) is 8.96 Å². The monoisotopic (exact) mass is 177 g/mol. The summed E-state index contributed by atoms with van der Waals surface area (Å²) < 4.78 is 0.595. The molecule has 0 saturated heterocycles. The molecule has 1 aromatic heterocycles. The molecule has 0 amide bonds. The highest BCUT2D eigenvalue weighted by molar-refractivity contribution is 7.81. The maximum Gasteiger partial charge on any atom is 0.176 e. The van der Waals surface area contributed by atoms with E-state index in [9.17, 15) is 0 Å². The summed E-state index contributed by atoms with van der Waals surface area (Å²) in [6.07, 6.45) is 0. The Morgan fingerprint density at radius 3 is 2.67 bits per heavy atom. The van der Waals surface area contributed by atoms with Crippen molar-refractivity contribution in [3.8, 4) is 0 Å². The molecule has 0 aliphatic rings. The van der Waals surface area contributed by atoms with E-state index < -0.39 is 0 Å². The van der Waals surface area contributed by atoms with E-state index in [-0.39, 0.29) is 4.99 Å². The highest BCUT2D eigenvalue weighted by atomic mass is 32.1. The third-order valence-corrected chi connectivity index (χ3v) is 2.09. The van der Waals surface area contributed by atoms with Gasteiger partial charge in [0.25, 0.3) is 0 Å². The number of H-pyrrole nitrogens is 1. The Morgan fingerprint density at radius 1 is 1.78 bits per heavy atom. The van der Waals surface area contributed by atoms with Gasteiger partial charge in [-0.15, -0.1) is 0 Å². The van der Waals surface area contributed by atoms with Crippen LogP contribution in [-0.4, -0.2) is 15.2 Å². The lowest BCUT2D eigenvalue weighted by Crippen LogP contribution is -2.08. The first-order chi connectivity index (χ1) is 4.20. The first kappa shape index (κ1) is 6.79. The number of rotatable bonds is 1. The molecular formula is C3H3N3S3. The average Bonchev–Trinajstić information content (AvgIpc) is 2.14. The minimum absolute atomic E-state index is 0.285. The van der Waals surface area contributed by atoms with Crippen LogP contribution in [0, 0.1) is 3.95 Å². The number of nitrogens with two attached hydrogens (primary N) is 1. The van der Waals surface area contributed by atoms with Gasteiger partial charge in [0.15, 0.2) is 8.96 Å². The molecule has 0 aliphatic carbocycles. The van der Waals surface area contributed by atoms with Gasteiger partial charge in [0.1, 0.15) is 4.99 Å². The highest BCUT2D eigenvalue weighted by Crippen LogP contribution is 2.02. The lowest BCUT2D eigenvalue weighted by atomic mass is 10.7. The van der Waals surface area contributed by atoms with Crippen LogP contribution < -0.4 is 5.73 Å². The van der Waals surface area contributed by atoms with E-state index in [4.69, 9.17) is 18.0 Å². The molecule has 9 heavy (non-hydrogen) atoms. The SMILES string of the molecule is NC(=S)c1n[nH]c(=S)s1. The molecule has 0 fully saturated rings. The molecule has 0 aliphatic heterocycles. The largest absolute Gasteiger partial charge is 0.387 e. The first-order valence-electron chi connectivity index (χ1n) is 2.05.